The maximum absolute atomic E-state index is 13.2. The maximum Gasteiger partial charge on any atom is 0.227 e. The molecule has 28 heavy (non-hydrogen) atoms. The number of pyridine rings is 1. The van der Waals surface area contributed by atoms with Crippen molar-refractivity contribution in [3.8, 4) is 0 Å². The van der Waals surface area contributed by atoms with Crippen LogP contribution in [0, 0.1) is 19.8 Å². The highest BCUT2D eigenvalue weighted by Crippen LogP contribution is 2.26. The minimum Gasteiger partial charge on any atom is -0.371 e. The standard InChI is InChI=1S/C23H30N4O/c1-18-5-6-19(2)22(16-18)25-12-14-26(15-13-25)23(28)20-4-3-11-27(17-20)21-7-9-24-10-8-21/h5-10,16,20H,3-4,11-15,17H2,1-2H3. The summed E-state index contributed by atoms with van der Waals surface area (Å²) in [6, 6.07) is 10.7. The Morgan fingerprint density at radius 3 is 2.46 bits per heavy atom. The predicted molar refractivity (Wildman–Crippen MR) is 114 cm³/mol. The maximum atomic E-state index is 13.2. The molecule has 0 bridgehead atoms. The van der Waals surface area contributed by atoms with Gasteiger partial charge in [-0.15, -0.1) is 0 Å². The molecule has 2 fully saturated rings. The van der Waals surface area contributed by atoms with Gasteiger partial charge in [0.15, 0.2) is 0 Å². The number of hydrogen-bond donors (Lipinski definition) is 0. The fourth-order valence-electron chi connectivity index (χ4n) is 4.45. The van der Waals surface area contributed by atoms with Gasteiger partial charge in [0.1, 0.15) is 0 Å². The van der Waals surface area contributed by atoms with Crippen LogP contribution in [-0.4, -0.2) is 55.1 Å². The van der Waals surface area contributed by atoms with E-state index in [0.29, 0.717) is 5.91 Å². The third-order valence-corrected chi connectivity index (χ3v) is 6.10. The zero-order valence-electron chi connectivity index (χ0n) is 17.0. The van der Waals surface area contributed by atoms with Crippen molar-refractivity contribution < 1.29 is 4.79 Å². The Morgan fingerprint density at radius 2 is 1.71 bits per heavy atom. The third kappa shape index (κ3) is 3.98. The lowest BCUT2D eigenvalue weighted by atomic mass is 9.95. The van der Waals surface area contributed by atoms with Gasteiger partial charge in [0.05, 0.1) is 5.92 Å². The summed E-state index contributed by atoms with van der Waals surface area (Å²) >= 11 is 0. The molecule has 2 aromatic rings. The number of carbonyl (C=O) groups excluding carboxylic acids is 1. The van der Waals surface area contributed by atoms with Gasteiger partial charge in [0, 0.05) is 63.0 Å². The van der Waals surface area contributed by atoms with E-state index in [1.807, 2.05) is 24.5 Å². The highest BCUT2D eigenvalue weighted by Gasteiger charge is 2.31. The number of benzene rings is 1. The van der Waals surface area contributed by atoms with Gasteiger partial charge in [-0.1, -0.05) is 12.1 Å². The first-order chi connectivity index (χ1) is 13.6. The smallest absolute Gasteiger partial charge is 0.227 e. The fourth-order valence-corrected chi connectivity index (χ4v) is 4.45. The van der Waals surface area contributed by atoms with Crippen molar-refractivity contribution in [3.63, 3.8) is 0 Å². The summed E-state index contributed by atoms with van der Waals surface area (Å²) in [4.78, 5) is 24.1. The molecular weight excluding hydrogens is 348 g/mol. The van der Waals surface area contributed by atoms with Gasteiger partial charge >= 0.3 is 0 Å². The molecule has 3 heterocycles. The average molecular weight is 379 g/mol. The number of anilines is 2. The average Bonchev–Trinajstić information content (AvgIpc) is 2.76. The summed E-state index contributed by atoms with van der Waals surface area (Å²) in [6.07, 6.45) is 5.72. The van der Waals surface area contributed by atoms with Crippen molar-refractivity contribution in [1.29, 1.82) is 0 Å². The van der Waals surface area contributed by atoms with Gasteiger partial charge in [0.25, 0.3) is 0 Å². The molecular formula is C23H30N4O. The van der Waals surface area contributed by atoms with Crippen LogP contribution in [0.25, 0.3) is 0 Å². The van der Waals surface area contributed by atoms with Gasteiger partial charge in [-0.05, 0) is 56.0 Å². The Morgan fingerprint density at radius 1 is 0.964 bits per heavy atom. The second kappa shape index (κ2) is 8.21. The molecule has 148 valence electrons. The zero-order valence-corrected chi connectivity index (χ0v) is 17.0. The van der Waals surface area contributed by atoms with Crippen molar-refractivity contribution in [2.24, 2.45) is 5.92 Å². The van der Waals surface area contributed by atoms with Crippen molar-refractivity contribution in [3.05, 3.63) is 53.9 Å². The van der Waals surface area contributed by atoms with Crippen LogP contribution < -0.4 is 9.80 Å². The molecule has 0 saturated carbocycles. The molecule has 5 heteroatoms. The molecule has 1 unspecified atom stereocenters. The Kier molecular flexibility index (Phi) is 5.51. The number of piperidine rings is 1. The van der Waals surface area contributed by atoms with Crippen LogP contribution in [0.15, 0.2) is 42.7 Å². The number of amides is 1. The van der Waals surface area contributed by atoms with E-state index in [1.54, 1.807) is 0 Å². The number of hydrogen-bond acceptors (Lipinski definition) is 4. The molecule has 0 spiro atoms. The van der Waals surface area contributed by atoms with E-state index in [2.05, 4.69) is 51.7 Å². The SMILES string of the molecule is Cc1ccc(C)c(N2CCN(C(=O)C3CCCN(c4ccncc4)C3)CC2)c1. The summed E-state index contributed by atoms with van der Waals surface area (Å²) in [7, 11) is 0. The van der Waals surface area contributed by atoms with E-state index in [4.69, 9.17) is 0 Å². The van der Waals surface area contributed by atoms with E-state index >= 15 is 0 Å². The number of rotatable bonds is 3. The first-order valence-electron chi connectivity index (χ1n) is 10.4. The van der Waals surface area contributed by atoms with Crippen molar-refractivity contribution in [1.82, 2.24) is 9.88 Å². The van der Waals surface area contributed by atoms with Gasteiger partial charge in [-0.25, -0.2) is 0 Å². The highest BCUT2D eigenvalue weighted by molar-refractivity contribution is 5.80. The molecule has 1 aromatic carbocycles. The molecule has 5 nitrogen and oxygen atoms in total. The minimum atomic E-state index is 0.106. The molecule has 0 N–H and O–H groups in total. The van der Waals surface area contributed by atoms with Crippen LogP contribution >= 0.6 is 0 Å². The summed E-state index contributed by atoms with van der Waals surface area (Å²) in [5.41, 5.74) is 5.09. The van der Waals surface area contributed by atoms with Gasteiger partial charge in [0.2, 0.25) is 5.91 Å². The van der Waals surface area contributed by atoms with Crippen LogP contribution in [0.4, 0.5) is 11.4 Å². The Labute approximate surface area is 168 Å². The topological polar surface area (TPSA) is 39.7 Å². The van der Waals surface area contributed by atoms with Crippen molar-refractivity contribution in [2.45, 2.75) is 26.7 Å². The summed E-state index contributed by atoms with van der Waals surface area (Å²) in [5, 5.41) is 0. The summed E-state index contributed by atoms with van der Waals surface area (Å²) in [5.74, 6) is 0.438. The number of carbonyl (C=O) groups is 1. The van der Waals surface area contributed by atoms with E-state index in [9.17, 15) is 4.79 Å². The highest BCUT2D eigenvalue weighted by atomic mass is 16.2. The number of aromatic nitrogens is 1. The molecule has 0 aliphatic carbocycles. The first kappa shape index (κ1) is 18.8. The van der Waals surface area contributed by atoms with Gasteiger partial charge in [-0.2, -0.15) is 0 Å². The lowest BCUT2D eigenvalue weighted by Crippen LogP contribution is -2.52. The normalized spacial score (nSPS) is 20.4. The third-order valence-electron chi connectivity index (χ3n) is 6.10. The van der Waals surface area contributed by atoms with Crippen LogP contribution in [0.5, 0.6) is 0 Å². The molecule has 1 atom stereocenters. The number of piperazine rings is 1. The second-order valence-corrected chi connectivity index (χ2v) is 8.09. The first-order valence-corrected chi connectivity index (χ1v) is 10.4. The second-order valence-electron chi connectivity index (χ2n) is 8.09. The molecule has 0 radical (unpaired) electrons. The molecule has 1 amide bonds. The van der Waals surface area contributed by atoms with E-state index in [1.165, 1.54) is 22.5 Å². The van der Waals surface area contributed by atoms with Crippen LogP contribution in [0.1, 0.15) is 24.0 Å². The molecule has 2 aliphatic rings. The number of aryl methyl sites for hydroxylation is 2. The van der Waals surface area contributed by atoms with Crippen molar-refractivity contribution in [2.75, 3.05) is 49.1 Å². The minimum absolute atomic E-state index is 0.106. The van der Waals surface area contributed by atoms with Gasteiger partial charge < -0.3 is 14.7 Å². The quantitative estimate of drug-likeness (QED) is 0.822. The van der Waals surface area contributed by atoms with E-state index < -0.39 is 0 Å². The molecule has 4 rings (SSSR count). The lowest BCUT2D eigenvalue weighted by molar-refractivity contribution is -0.136. The Bertz CT molecular complexity index is 815. The largest absolute Gasteiger partial charge is 0.371 e. The summed E-state index contributed by atoms with van der Waals surface area (Å²) < 4.78 is 0. The van der Waals surface area contributed by atoms with E-state index in [-0.39, 0.29) is 5.92 Å². The van der Waals surface area contributed by atoms with E-state index in [0.717, 1.165) is 52.1 Å². The predicted octanol–water partition coefficient (Wildman–Crippen LogP) is 3.26. The molecule has 2 saturated heterocycles. The molecule has 1 aromatic heterocycles. The Hall–Kier alpha value is -2.56. The Balaban J connectivity index is 1.36. The van der Waals surface area contributed by atoms with Crippen molar-refractivity contribution >= 4 is 17.3 Å². The van der Waals surface area contributed by atoms with Crippen LogP contribution in [0.3, 0.4) is 0 Å². The van der Waals surface area contributed by atoms with Gasteiger partial charge in [-0.3, -0.25) is 9.78 Å². The fraction of sp³-hybridized carbons (Fsp3) is 0.478. The monoisotopic (exact) mass is 378 g/mol. The zero-order chi connectivity index (χ0) is 19.5. The molecule has 2 aliphatic heterocycles. The lowest BCUT2D eigenvalue weighted by Gasteiger charge is -2.40. The van der Waals surface area contributed by atoms with Crippen LogP contribution in [-0.2, 0) is 4.79 Å². The number of nitrogens with zero attached hydrogens (tertiary/aromatic N) is 4. The summed E-state index contributed by atoms with van der Waals surface area (Å²) in [6.45, 7) is 9.61. The van der Waals surface area contributed by atoms with Crippen LogP contribution in [0.2, 0.25) is 0 Å².